The van der Waals surface area contributed by atoms with Gasteiger partial charge < -0.3 is 19.5 Å². The van der Waals surface area contributed by atoms with Crippen LogP contribution in [0.2, 0.25) is 18.1 Å². The number of hydrogen-bond acceptors (Lipinski definition) is 3. The fourth-order valence-electron chi connectivity index (χ4n) is 3.13. The highest BCUT2D eigenvalue weighted by Crippen LogP contribution is 2.36. The average molecular weight is 420 g/mol. The molecular weight excluding hydrogens is 386 g/mol. The van der Waals surface area contributed by atoms with Crippen molar-refractivity contribution in [3.05, 3.63) is 41.0 Å². The molecule has 0 atom stereocenters. The molecule has 1 aromatic carbocycles. The van der Waals surface area contributed by atoms with E-state index in [2.05, 4.69) is 33.9 Å². The molecule has 1 amide bonds. The first-order chi connectivity index (χ1) is 13.4. The van der Waals surface area contributed by atoms with Crippen molar-refractivity contribution in [3.8, 4) is 0 Å². The maximum atomic E-state index is 11.6. The Morgan fingerprint density at radius 3 is 2.28 bits per heavy atom. The van der Waals surface area contributed by atoms with Gasteiger partial charge in [0.05, 0.1) is 12.1 Å². The molecule has 6 nitrogen and oxygen atoms in total. The van der Waals surface area contributed by atoms with E-state index in [9.17, 15) is 14.7 Å². The molecular formula is C22H33NO5Si. The average Bonchev–Trinajstić information content (AvgIpc) is 2.64. The molecule has 1 aliphatic heterocycles. The molecule has 0 saturated carbocycles. The summed E-state index contributed by atoms with van der Waals surface area (Å²) in [4.78, 5) is 23.9. The van der Waals surface area contributed by atoms with Gasteiger partial charge in [-0.25, -0.2) is 9.59 Å². The molecule has 7 heteroatoms. The maximum Gasteiger partial charge on any atom is 0.407 e. The van der Waals surface area contributed by atoms with E-state index in [1.807, 2.05) is 24.3 Å². The summed E-state index contributed by atoms with van der Waals surface area (Å²) in [5, 5.41) is 18.8. The number of aryl methyl sites for hydroxylation is 1. The normalized spacial score (nSPS) is 15.6. The monoisotopic (exact) mass is 419 g/mol. The maximum absolute atomic E-state index is 11.6. The van der Waals surface area contributed by atoms with Gasteiger partial charge in [0.15, 0.2) is 8.32 Å². The molecule has 0 spiro atoms. The van der Waals surface area contributed by atoms with Crippen molar-refractivity contribution in [3.63, 3.8) is 0 Å². The standard InChI is InChI=1S/C22H33NO5Si/c1-22(2,3)29(4,5)28-14-6-7-16-8-10-17(11-9-16)18-12-13-23(21(26)27)15-19(18)20(24)25/h8-11H,6-7,12-15H2,1-5H3,(H,24,25)(H,26,27). The van der Waals surface area contributed by atoms with E-state index in [0.29, 0.717) is 13.0 Å². The van der Waals surface area contributed by atoms with Crippen LogP contribution >= 0.6 is 0 Å². The summed E-state index contributed by atoms with van der Waals surface area (Å²) in [5.74, 6) is -1.06. The molecule has 2 N–H and O–H groups in total. The van der Waals surface area contributed by atoms with Gasteiger partial charge in [-0.2, -0.15) is 0 Å². The number of aliphatic carboxylic acids is 1. The number of hydrogen-bond donors (Lipinski definition) is 2. The summed E-state index contributed by atoms with van der Waals surface area (Å²) < 4.78 is 6.22. The summed E-state index contributed by atoms with van der Waals surface area (Å²) in [6.45, 7) is 12.2. The molecule has 0 fully saturated rings. The second-order valence-electron chi connectivity index (χ2n) is 9.13. The van der Waals surface area contributed by atoms with Crippen molar-refractivity contribution in [2.24, 2.45) is 0 Å². The lowest BCUT2D eigenvalue weighted by Crippen LogP contribution is -2.41. The van der Waals surface area contributed by atoms with Crippen molar-refractivity contribution in [1.29, 1.82) is 0 Å². The quantitative estimate of drug-likeness (QED) is 0.487. The predicted octanol–water partition coefficient (Wildman–Crippen LogP) is 4.86. The van der Waals surface area contributed by atoms with Gasteiger partial charge in [-0.1, -0.05) is 45.0 Å². The number of rotatable bonds is 7. The van der Waals surface area contributed by atoms with Gasteiger partial charge in [-0.05, 0) is 54.1 Å². The largest absolute Gasteiger partial charge is 0.478 e. The summed E-state index contributed by atoms with van der Waals surface area (Å²) in [6, 6.07) is 7.94. The first kappa shape index (κ1) is 23.2. The highest BCUT2D eigenvalue weighted by atomic mass is 28.4. The Balaban J connectivity index is 2.00. The van der Waals surface area contributed by atoms with Crippen molar-refractivity contribution >= 4 is 26.0 Å². The van der Waals surface area contributed by atoms with Gasteiger partial charge in [0.2, 0.25) is 0 Å². The first-order valence-electron chi connectivity index (χ1n) is 10.1. The number of benzene rings is 1. The van der Waals surface area contributed by atoms with Gasteiger partial charge in [0, 0.05) is 13.2 Å². The second kappa shape index (κ2) is 9.13. The van der Waals surface area contributed by atoms with Gasteiger partial charge in [-0.3, -0.25) is 0 Å². The van der Waals surface area contributed by atoms with Crippen LogP contribution in [0, 0.1) is 0 Å². The molecule has 0 aliphatic carbocycles. The minimum atomic E-state index is -1.71. The third-order valence-corrected chi connectivity index (χ3v) is 10.6. The van der Waals surface area contributed by atoms with Gasteiger partial charge >= 0.3 is 12.1 Å². The Morgan fingerprint density at radius 2 is 1.76 bits per heavy atom. The topological polar surface area (TPSA) is 87.1 Å². The zero-order chi connectivity index (χ0) is 21.8. The smallest absolute Gasteiger partial charge is 0.407 e. The molecule has 0 unspecified atom stereocenters. The molecule has 0 bridgehead atoms. The van der Waals surface area contributed by atoms with E-state index < -0.39 is 20.4 Å². The molecule has 2 rings (SSSR count). The third-order valence-electron chi connectivity index (χ3n) is 6.05. The zero-order valence-corrected chi connectivity index (χ0v) is 19.1. The Hall–Kier alpha value is -2.12. The molecule has 1 heterocycles. The number of amides is 1. The van der Waals surface area contributed by atoms with E-state index in [0.717, 1.165) is 35.5 Å². The number of carboxylic acids is 1. The summed E-state index contributed by atoms with van der Waals surface area (Å²) in [7, 11) is -1.71. The van der Waals surface area contributed by atoms with Crippen LogP contribution in [-0.2, 0) is 15.6 Å². The lowest BCUT2D eigenvalue weighted by molar-refractivity contribution is -0.132. The molecule has 0 radical (unpaired) electrons. The highest BCUT2D eigenvalue weighted by Gasteiger charge is 2.36. The van der Waals surface area contributed by atoms with Gasteiger partial charge in [0.25, 0.3) is 0 Å². The zero-order valence-electron chi connectivity index (χ0n) is 18.1. The predicted molar refractivity (Wildman–Crippen MR) is 117 cm³/mol. The van der Waals surface area contributed by atoms with Crippen LogP contribution in [0.1, 0.15) is 44.7 Å². The number of nitrogens with zero attached hydrogens (tertiary/aromatic N) is 1. The lowest BCUT2D eigenvalue weighted by atomic mass is 9.92. The van der Waals surface area contributed by atoms with E-state index in [1.54, 1.807) is 0 Å². The molecule has 1 aromatic rings. The minimum Gasteiger partial charge on any atom is -0.478 e. The Morgan fingerprint density at radius 1 is 1.14 bits per heavy atom. The van der Waals surface area contributed by atoms with E-state index in [-0.39, 0.29) is 17.2 Å². The van der Waals surface area contributed by atoms with Crippen LogP contribution in [0.5, 0.6) is 0 Å². The second-order valence-corrected chi connectivity index (χ2v) is 13.9. The lowest BCUT2D eigenvalue weighted by Gasteiger charge is -2.36. The van der Waals surface area contributed by atoms with Crippen molar-refractivity contribution < 1.29 is 24.2 Å². The van der Waals surface area contributed by atoms with E-state index in [4.69, 9.17) is 9.53 Å². The minimum absolute atomic E-state index is 0.0768. The van der Waals surface area contributed by atoms with Gasteiger partial charge in [-0.15, -0.1) is 0 Å². The fraction of sp³-hybridized carbons (Fsp3) is 0.545. The molecule has 29 heavy (non-hydrogen) atoms. The van der Waals surface area contributed by atoms with Crippen LogP contribution in [0.4, 0.5) is 4.79 Å². The fourth-order valence-corrected chi connectivity index (χ4v) is 4.22. The third kappa shape index (κ3) is 5.93. The number of carbonyl (C=O) groups is 2. The van der Waals surface area contributed by atoms with Crippen molar-refractivity contribution in [2.45, 2.75) is 58.2 Å². The molecule has 0 saturated heterocycles. The number of carboxylic acid groups (broad SMARTS) is 2. The van der Waals surface area contributed by atoms with Crippen molar-refractivity contribution in [1.82, 2.24) is 4.90 Å². The summed E-state index contributed by atoms with van der Waals surface area (Å²) in [5.41, 5.74) is 2.93. The van der Waals surface area contributed by atoms with Crippen LogP contribution < -0.4 is 0 Å². The van der Waals surface area contributed by atoms with E-state index >= 15 is 0 Å². The van der Waals surface area contributed by atoms with Crippen LogP contribution in [-0.4, -0.2) is 55.2 Å². The van der Waals surface area contributed by atoms with Crippen LogP contribution in [0.25, 0.3) is 5.57 Å². The summed E-state index contributed by atoms with van der Waals surface area (Å²) in [6.07, 6.45) is 1.18. The Bertz CT molecular complexity index is 777. The molecule has 160 valence electrons. The Kier molecular flexibility index (Phi) is 7.29. The van der Waals surface area contributed by atoms with Gasteiger partial charge in [0.1, 0.15) is 0 Å². The van der Waals surface area contributed by atoms with Crippen LogP contribution in [0.15, 0.2) is 29.8 Å². The van der Waals surface area contributed by atoms with E-state index in [1.165, 1.54) is 5.56 Å². The van der Waals surface area contributed by atoms with Crippen LogP contribution in [0.3, 0.4) is 0 Å². The molecule has 0 aromatic heterocycles. The molecule has 1 aliphatic rings. The first-order valence-corrected chi connectivity index (χ1v) is 13.0. The summed E-state index contributed by atoms with van der Waals surface area (Å²) >= 11 is 0. The highest BCUT2D eigenvalue weighted by molar-refractivity contribution is 6.74. The van der Waals surface area contributed by atoms with Crippen molar-refractivity contribution in [2.75, 3.05) is 19.7 Å². The SMILES string of the molecule is CC(C)(C)[Si](C)(C)OCCCc1ccc(C2=C(C(=O)O)CN(C(=O)O)CC2)cc1. The Labute approximate surface area is 174 Å².